The first-order valence-corrected chi connectivity index (χ1v) is 5.12. The Hall–Kier alpha value is -0.570. The third kappa shape index (κ3) is 5.64. The van der Waals surface area contributed by atoms with Crippen LogP contribution >= 0.6 is 0 Å². The van der Waals surface area contributed by atoms with E-state index < -0.39 is 0 Å². The van der Waals surface area contributed by atoms with E-state index in [1.165, 1.54) is 0 Å². The van der Waals surface area contributed by atoms with Crippen molar-refractivity contribution in [2.75, 3.05) is 13.1 Å². The van der Waals surface area contributed by atoms with Crippen LogP contribution in [-0.4, -0.2) is 25.0 Å². The number of hydrogen-bond donors (Lipinski definition) is 2. The highest BCUT2D eigenvalue weighted by atomic mass is 16.1. The van der Waals surface area contributed by atoms with E-state index in [1.807, 2.05) is 13.8 Å². The summed E-state index contributed by atoms with van der Waals surface area (Å²) in [6.45, 7) is 9.70. The zero-order chi connectivity index (χ0) is 10.3. The molecular weight excluding hydrogens is 164 g/mol. The highest BCUT2D eigenvalue weighted by molar-refractivity contribution is 5.77. The maximum absolute atomic E-state index is 11.2. The minimum atomic E-state index is 0.0825. The quantitative estimate of drug-likeness (QED) is 0.653. The smallest absolute Gasteiger partial charge is 0.222 e. The third-order valence-electron chi connectivity index (χ3n) is 2.03. The fourth-order valence-corrected chi connectivity index (χ4v) is 1.08. The summed E-state index contributed by atoms with van der Waals surface area (Å²) in [4.78, 5) is 11.2. The summed E-state index contributed by atoms with van der Waals surface area (Å²) in [6, 6.07) is 0.410. The second-order valence-electron chi connectivity index (χ2n) is 3.56. The molecule has 3 nitrogen and oxygen atoms in total. The van der Waals surface area contributed by atoms with Gasteiger partial charge in [0.1, 0.15) is 0 Å². The molecule has 0 aromatic rings. The van der Waals surface area contributed by atoms with Crippen LogP contribution in [0.2, 0.25) is 0 Å². The minimum absolute atomic E-state index is 0.0825. The van der Waals surface area contributed by atoms with Gasteiger partial charge in [-0.15, -0.1) is 0 Å². The zero-order valence-electron chi connectivity index (χ0n) is 9.18. The molecule has 0 aliphatic carbocycles. The monoisotopic (exact) mass is 186 g/mol. The maximum atomic E-state index is 11.2. The Morgan fingerprint density at radius 2 is 1.92 bits per heavy atom. The van der Waals surface area contributed by atoms with Crippen molar-refractivity contribution in [3.63, 3.8) is 0 Å². The Morgan fingerprint density at radius 3 is 2.31 bits per heavy atom. The van der Waals surface area contributed by atoms with Crippen molar-refractivity contribution in [2.24, 2.45) is 5.92 Å². The summed E-state index contributed by atoms with van der Waals surface area (Å²) < 4.78 is 0. The van der Waals surface area contributed by atoms with E-state index in [-0.39, 0.29) is 11.8 Å². The van der Waals surface area contributed by atoms with Crippen molar-refractivity contribution in [1.82, 2.24) is 10.6 Å². The number of hydrogen-bond acceptors (Lipinski definition) is 2. The zero-order valence-corrected chi connectivity index (χ0v) is 9.18. The summed E-state index contributed by atoms with van der Waals surface area (Å²) in [5.41, 5.74) is 0. The molecule has 0 aliphatic rings. The van der Waals surface area contributed by atoms with E-state index in [0.717, 1.165) is 19.5 Å². The van der Waals surface area contributed by atoms with Crippen LogP contribution in [0.5, 0.6) is 0 Å². The van der Waals surface area contributed by atoms with Crippen LogP contribution in [0, 0.1) is 5.92 Å². The van der Waals surface area contributed by atoms with E-state index in [0.29, 0.717) is 6.04 Å². The van der Waals surface area contributed by atoms with E-state index in [4.69, 9.17) is 0 Å². The average Bonchev–Trinajstić information content (AvgIpc) is 2.11. The van der Waals surface area contributed by atoms with Crippen molar-refractivity contribution < 1.29 is 4.79 Å². The van der Waals surface area contributed by atoms with Crippen LogP contribution in [-0.2, 0) is 4.79 Å². The standard InChI is InChI=1S/C10H22N2O/c1-5-9(11-6-2)7-12-10(13)8(3)4/h8-9,11H,5-7H2,1-4H3,(H,12,13). The van der Waals surface area contributed by atoms with E-state index in [1.54, 1.807) is 0 Å². The van der Waals surface area contributed by atoms with Gasteiger partial charge in [0, 0.05) is 18.5 Å². The van der Waals surface area contributed by atoms with Crippen molar-refractivity contribution >= 4 is 5.91 Å². The van der Waals surface area contributed by atoms with Crippen LogP contribution in [0.3, 0.4) is 0 Å². The molecule has 2 N–H and O–H groups in total. The molecule has 1 unspecified atom stereocenters. The molecule has 0 aromatic carbocycles. The van der Waals surface area contributed by atoms with Gasteiger partial charge in [0.25, 0.3) is 0 Å². The highest BCUT2D eigenvalue weighted by Crippen LogP contribution is 1.92. The molecule has 0 spiro atoms. The average molecular weight is 186 g/mol. The Morgan fingerprint density at radius 1 is 1.31 bits per heavy atom. The number of amides is 1. The number of nitrogens with one attached hydrogen (secondary N) is 2. The van der Waals surface area contributed by atoms with Crippen LogP contribution in [0.4, 0.5) is 0 Å². The summed E-state index contributed by atoms with van der Waals surface area (Å²) in [5.74, 6) is 0.218. The molecule has 3 heteroatoms. The predicted molar refractivity (Wildman–Crippen MR) is 55.6 cm³/mol. The molecule has 0 heterocycles. The minimum Gasteiger partial charge on any atom is -0.354 e. The van der Waals surface area contributed by atoms with E-state index in [9.17, 15) is 4.79 Å². The van der Waals surface area contributed by atoms with Gasteiger partial charge in [0.05, 0.1) is 0 Å². The number of rotatable bonds is 6. The van der Waals surface area contributed by atoms with Crippen molar-refractivity contribution in [3.05, 3.63) is 0 Å². The van der Waals surface area contributed by atoms with Crippen LogP contribution in [0.1, 0.15) is 34.1 Å². The molecule has 0 radical (unpaired) electrons. The molecule has 13 heavy (non-hydrogen) atoms. The van der Waals surface area contributed by atoms with Gasteiger partial charge in [-0.1, -0.05) is 27.7 Å². The molecule has 1 atom stereocenters. The van der Waals surface area contributed by atoms with Crippen molar-refractivity contribution in [2.45, 2.75) is 40.2 Å². The van der Waals surface area contributed by atoms with Gasteiger partial charge in [0.15, 0.2) is 0 Å². The number of carbonyl (C=O) groups is 1. The lowest BCUT2D eigenvalue weighted by Crippen LogP contribution is -2.41. The topological polar surface area (TPSA) is 41.1 Å². The van der Waals surface area contributed by atoms with Gasteiger partial charge in [-0.2, -0.15) is 0 Å². The second-order valence-corrected chi connectivity index (χ2v) is 3.56. The second kappa shape index (κ2) is 6.89. The summed E-state index contributed by atoms with van der Waals surface area (Å²) in [6.07, 6.45) is 1.05. The molecule has 0 rings (SSSR count). The summed E-state index contributed by atoms with van der Waals surface area (Å²) in [5, 5.41) is 6.23. The Labute approximate surface area is 81.3 Å². The van der Waals surface area contributed by atoms with Gasteiger partial charge in [-0.25, -0.2) is 0 Å². The molecule has 0 aliphatic heterocycles. The molecule has 0 aromatic heterocycles. The van der Waals surface area contributed by atoms with Crippen LogP contribution in [0.25, 0.3) is 0 Å². The van der Waals surface area contributed by atoms with Gasteiger partial charge in [0.2, 0.25) is 5.91 Å². The third-order valence-corrected chi connectivity index (χ3v) is 2.03. The SMILES string of the molecule is CCNC(CC)CNC(=O)C(C)C. The maximum Gasteiger partial charge on any atom is 0.222 e. The van der Waals surface area contributed by atoms with Gasteiger partial charge >= 0.3 is 0 Å². The van der Waals surface area contributed by atoms with E-state index >= 15 is 0 Å². The summed E-state index contributed by atoms with van der Waals surface area (Å²) >= 11 is 0. The largest absolute Gasteiger partial charge is 0.354 e. The van der Waals surface area contributed by atoms with Gasteiger partial charge in [-0.05, 0) is 13.0 Å². The fraction of sp³-hybridized carbons (Fsp3) is 0.900. The molecule has 78 valence electrons. The molecule has 0 bridgehead atoms. The van der Waals surface area contributed by atoms with Gasteiger partial charge in [-0.3, -0.25) is 4.79 Å². The van der Waals surface area contributed by atoms with Crippen molar-refractivity contribution in [3.8, 4) is 0 Å². The first-order valence-electron chi connectivity index (χ1n) is 5.12. The normalized spacial score (nSPS) is 13.0. The first kappa shape index (κ1) is 12.4. The van der Waals surface area contributed by atoms with E-state index in [2.05, 4.69) is 24.5 Å². The first-order chi connectivity index (χ1) is 6.11. The highest BCUT2D eigenvalue weighted by Gasteiger charge is 2.09. The Kier molecular flexibility index (Phi) is 6.59. The Bertz CT molecular complexity index is 146. The molecule has 0 fully saturated rings. The molecule has 0 saturated carbocycles. The fourth-order valence-electron chi connectivity index (χ4n) is 1.08. The summed E-state index contributed by atoms with van der Waals surface area (Å²) in [7, 11) is 0. The predicted octanol–water partition coefficient (Wildman–Crippen LogP) is 1.15. The van der Waals surface area contributed by atoms with Crippen molar-refractivity contribution in [1.29, 1.82) is 0 Å². The lowest BCUT2D eigenvalue weighted by Gasteiger charge is -2.17. The molecule has 1 amide bonds. The molecule has 0 saturated heterocycles. The lowest BCUT2D eigenvalue weighted by molar-refractivity contribution is -0.124. The lowest BCUT2D eigenvalue weighted by atomic mass is 10.2. The van der Waals surface area contributed by atoms with Crippen LogP contribution in [0.15, 0.2) is 0 Å². The molecular formula is C10H22N2O. The number of carbonyl (C=O) groups excluding carboxylic acids is 1. The number of likely N-dealkylation sites (N-methyl/N-ethyl adjacent to an activating group) is 1. The van der Waals surface area contributed by atoms with Crippen LogP contribution < -0.4 is 10.6 Å². The van der Waals surface area contributed by atoms with Gasteiger partial charge < -0.3 is 10.6 Å². The Balaban J connectivity index is 3.65.